The summed E-state index contributed by atoms with van der Waals surface area (Å²) in [5.41, 5.74) is 1.18. The Morgan fingerprint density at radius 2 is 1.89 bits per heavy atom. The van der Waals surface area contributed by atoms with E-state index in [0.29, 0.717) is 13.2 Å². The molecule has 0 atom stereocenters. The lowest BCUT2D eigenvalue weighted by molar-refractivity contribution is -0.672. The molecule has 0 saturated heterocycles. The van der Waals surface area contributed by atoms with Crippen molar-refractivity contribution in [3.05, 3.63) is 23.8 Å². The maximum atomic E-state index is 8.55. The third-order valence-corrected chi connectivity index (χ3v) is 2.53. The molecule has 1 aromatic rings. The number of hydrogen-bond acceptors (Lipinski definition) is 4. The van der Waals surface area contributed by atoms with E-state index in [1.54, 1.807) is 14.2 Å². The first-order valence-electron chi connectivity index (χ1n) is 6.03. The van der Waals surface area contributed by atoms with Crippen molar-refractivity contribution in [1.29, 1.82) is 0 Å². The van der Waals surface area contributed by atoms with Crippen molar-refractivity contribution in [3.63, 3.8) is 0 Å². The van der Waals surface area contributed by atoms with Gasteiger partial charge in [-0.25, -0.2) is 0 Å². The molecule has 3 N–H and O–H groups in total. The number of quaternary nitrogens is 1. The van der Waals surface area contributed by atoms with E-state index in [-0.39, 0.29) is 6.61 Å². The Morgan fingerprint density at radius 3 is 2.56 bits per heavy atom. The van der Waals surface area contributed by atoms with Crippen molar-refractivity contribution in [2.75, 3.05) is 40.6 Å². The third-order valence-electron chi connectivity index (χ3n) is 2.53. The molecule has 5 heteroatoms. The summed E-state index contributed by atoms with van der Waals surface area (Å²) in [5, 5.41) is 10.7. The molecule has 0 aliphatic rings. The van der Waals surface area contributed by atoms with E-state index in [4.69, 9.17) is 19.3 Å². The van der Waals surface area contributed by atoms with Gasteiger partial charge in [0.05, 0.1) is 40.6 Å². The predicted octanol–water partition coefficient (Wildman–Crippen LogP) is -0.224. The summed E-state index contributed by atoms with van der Waals surface area (Å²) in [6.45, 7) is 2.87. The highest BCUT2D eigenvalue weighted by molar-refractivity contribution is 5.42. The summed E-state index contributed by atoms with van der Waals surface area (Å²) in [5.74, 6) is 1.49. The molecular weight excluding hydrogens is 234 g/mol. The van der Waals surface area contributed by atoms with Crippen LogP contribution in [0.2, 0.25) is 0 Å². The normalized spacial score (nSPS) is 10.4. The van der Waals surface area contributed by atoms with Crippen LogP contribution in [0.15, 0.2) is 18.2 Å². The van der Waals surface area contributed by atoms with Gasteiger partial charge in [-0.15, -0.1) is 0 Å². The lowest BCUT2D eigenvalue weighted by Gasteiger charge is -2.09. The van der Waals surface area contributed by atoms with Gasteiger partial charge < -0.3 is 24.6 Å². The van der Waals surface area contributed by atoms with Crippen LogP contribution >= 0.6 is 0 Å². The summed E-state index contributed by atoms with van der Waals surface area (Å²) in [4.78, 5) is 0. The molecule has 5 nitrogen and oxygen atoms in total. The fraction of sp³-hybridized carbons (Fsp3) is 0.538. The number of methoxy groups -OCH3 is 2. The van der Waals surface area contributed by atoms with E-state index in [9.17, 15) is 0 Å². The first-order chi connectivity index (χ1) is 8.81. The van der Waals surface area contributed by atoms with Crippen molar-refractivity contribution < 1.29 is 24.6 Å². The van der Waals surface area contributed by atoms with Gasteiger partial charge in [0.1, 0.15) is 6.54 Å². The summed E-state index contributed by atoms with van der Waals surface area (Å²) in [7, 11) is 3.26. The Kier molecular flexibility index (Phi) is 7.17. The van der Waals surface area contributed by atoms with Gasteiger partial charge in [-0.05, 0) is 18.2 Å². The van der Waals surface area contributed by atoms with Gasteiger partial charge in [0, 0.05) is 5.56 Å². The van der Waals surface area contributed by atoms with Crippen LogP contribution in [-0.4, -0.2) is 45.7 Å². The van der Waals surface area contributed by atoms with Crippen LogP contribution in [0.1, 0.15) is 5.56 Å². The van der Waals surface area contributed by atoms with E-state index in [0.717, 1.165) is 24.6 Å². The molecule has 0 saturated carbocycles. The number of benzene rings is 1. The van der Waals surface area contributed by atoms with Gasteiger partial charge in [-0.2, -0.15) is 0 Å². The lowest BCUT2D eigenvalue weighted by atomic mass is 10.2. The third kappa shape index (κ3) is 4.91. The molecular formula is C13H22NO4+. The smallest absolute Gasteiger partial charge is 0.161 e. The number of aliphatic hydroxyl groups is 1. The Morgan fingerprint density at radius 1 is 1.11 bits per heavy atom. The van der Waals surface area contributed by atoms with Crippen molar-refractivity contribution in [2.45, 2.75) is 6.54 Å². The molecule has 0 amide bonds. The average molecular weight is 256 g/mol. The summed E-state index contributed by atoms with van der Waals surface area (Å²) >= 11 is 0. The quantitative estimate of drug-likeness (QED) is 0.599. The zero-order valence-corrected chi connectivity index (χ0v) is 11.0. The van der Waals surface area contributed by atoms with Gasteiger partial charge in [0.15, 0.2) is 11.5 Å². The number of rotatable bonds is 9. The summed E-state index contributed by atoms with van der Waals surface area (Å²) < 4.78 is 15.6. The van der Waals surface area contributed by atoms with Crippen LogP contribution in [0.5, 0.6) is 11.5 Å². The summed E-state index contributed by atoms with van der Waals surface area (Å²) in [6, 6.07) is 5.90. The largest absolute Gasteiger partial charge is 0.493 e. The lowest BCUT2D eigenvalue weighted by Crippen LogP contribution is -2.83. The first kappa shape index (κ1) is 14.8. The second kappa shape index (κ2) is 8.74. The number of ether oxygens (including phenoxy) is 3. The number of nitrogens with two attached hydrogens (primary N) is 1. The molecule has 0 bridgehead atoms. The maximum Gasteiger partial charge on any atom is 0.161 e. The minimum atomic E-state index is 0.0790. The Hall–Kier alpha value is -1.30. The van der Waals surface area contributed by atoms with Gasteiger partial charge in [-0.3, -0.25) is 0 Å². The van der Waals surface area contributed by atoms with Crippen LogP contribution in [0.3, 0.4) is 0 Å². The van der Waals surface area contributed by atoms with Crippen molar-refractivity contribution in [2.24, 2.45) is 0 Å². The SMILES string of the molecule is COc1ccc(C[NH2+]CCOCCO)cc1OC. The van der Waals surface area contributed by atoms with Crippen LogP contribution in [0, 0.1) is 0 Å². The molecule has 0 aliphatic carbocycles. The molecule has 0 heterocycles. The fourth-order valence-corrected chi connectivity index (χ4v) is 1.61. The summed E-state index contributed by atoms with van der Waals surface area (Å²) in [6.07, 6.45) is 0. The number of hydrogen-bond donors (Lipinski definition) is 2. The minimum absolute atomic E-state index is 0.0790. The molecule has 1 aromatic carbocycles. The van der Waals surface area contributed by atoms with Crippen LogP contribution in [0.4, 0.5) is 0 Å². The molecule has 1 rings (SSSR count). The van der Waals surface area contributed by atoms with Gasteiger partial charge in [0.2, 0.25) is 0 Å². The second-order valence-corrected chi connectivity index (χ2v) is 3.81. The Balaban J connectivity index is 2.34. The van der Waals surface area contributed by atoms with Crippen LogP contribution in [-0.2, 0) is 11.3 Å². The van der Waals surface area contributed by atoms with E-state index < -0.39 is 0 Å². The molecule has 18 heavy (non-hydrogen) atoms. The highest BCUT2D eigenvalue weighted by Gasteiger charge is 2.05. The maximum absolute atomic E-state index is 8.55. The molecule has 0 aliphatic heterocycles. The van der Waals surface area contributed by atoms with Crippen molar-refractivity contribution >= 4 is 0 Å². The van der Waals surface area contributed by atoms with E-state index in [2.05, 4.69) is 5.32 Å². The highest BCUT2D eigenvalue weighted by Crippen LogP contribution is 2.27. The number of aliphatic hydroxyl groups excluding tert-OH is 1. The van der Waals surface area contributed by atoms with E-state index in [1.165, 1.54) is 5.56 Å². The van der Waals surface area contributed by atoms with Crippen molar-refractivity contribution in [3.8, 4) is 11.5 Å². The zero-order chi connectivity index (χ0) is 13.2. The molecule has 0 unspecified atom stereocenters. The standard InChI is InChI=1S/C13H21NO4/c1-16-12-4-3-11(9-13(12)17-2)10-14-5-7-18-8-6-15/h3-4,9,14-15H,5-8,10H2,1-2H3/p+1. The predicted molar refractivity (Wildman–Crippen MR) is 67.9 cm³/mol. The zero-order valence-electron chi connectivity index (χ0n) is 11.0. The van der Waals surface area contributed by atoms with Crippen LogP contribution < -0.4 is 14.8 Å². The highest BCUT2D eigenvalue weighted by atomic mass is 16.5. The molecule has 0 fully saturated rings. The van der Waals surface area contributed by atoms with E-state index in [1.807, 2.05) is 18.2 Å². The Labute approximate surface area is 108 Å². The minimum Gasteiger partial charge on any atom is -0.493 e. The van der Waals surface area contributed by atoms with Crippen LogP contribution in [0.25, 0.3) is 0 Å². The molecule has 0 radical (unpaired) electrons. The van der Waals surface area contributed by atoms with Crippen molar-refractivity contribution in [1.82, 2.24) is 0 Å². The van der Waals surface area contributed by atoms with Gasteiger partial charge in [-0.1, -0.05) is 0 Å². The second-order valence-electron chi connectivity index (χ2n) is 3.81. The molecule has 102 valence electrons. The van der Waals surface area contributed by atoms with Gasteiger partial charge in [0.25, 0.3) is 0 Å². The Bertz CT molecular complexity index is 344. The first-order valence-corrected chi connectivity index (χ1v) is 6.03. The fourth-order valence-electron chi connectivity index (χ4n) is 1.61. The molecule has 0 aromatic heterocycles. The molecule has 0 spiro atoms. The monoisotopic (exact) mass is 256 g/mol. The van der Waals surface area contributed by atoms with Gasteiger partial charge >= 0.3 is 0 Å². The average Bonchev–Trinajstić information content (AvgIpc) is 2.42. The van der Waals surface area contributed by atoms with E-state index >= 15 is 0 Å². The topological polar surface area (TPSA) is 64.5 Å².